The summed E-state index contributed by atoms with van der Waals surface area (Å²) < 4.78 is 6.70. The number of thiophene rings is 1. The zero-order chi connectivity index (χ0) is 28.4. The van der Waals surface area contributed by atoms with Crippen LogP contribution >= 0.6 is 34.4 Å². The number of hydrogen-bond acceptors (Lipinski definition) is 13. The fourth-order valence-corrected chi connectivity index (χ4v) is 7.04. The molecule has 3 N–H and O–H groups in total. The molecule has 3 aromatic rings. The maximum atomic E-state index is 13.2. The lowest BCUT2D eigenvalue weighted by atomic mass is 10.0. The van der Waals surface area contributed by atoms with Crippen molar-refractivity contribution < 1.29 is 38.4 Å². The van der Waals surface area contributed by atoms with Gasteiger partial charge in [-0.25, -0.2) is 9.78 Å². The number of rotatable bonds is 10. The summed E-state index contributed by atoms with van der Waals surface area (Å²) in [6.07, 6.45) is 1.85. The molecule has 3 aromatic heterocycles. The predicted molar refractivity (Wildman–Crippen MR) is 145 cm³/mol. The summed E-state index contributed by atoms with van der Waals surface area (Å²) in [5, 5.41) is 22.5. The van der Waals surface area contributed by atoms with E-state index < -0.39 is 41.8 Å². The molecule has 40 heavy (non-hydrogen) atoms. The minimum atomic E-state index is -1.47. The molecule has 0 radical (unpaired) electrons. The number of hydrogen-bond donors (Lipinski definition) is 2. The molecular weight excluding hydrogens is 581 g/mol. The third-order valence-electron chi connectivity index (χ3n) is 5.99. The van der Waals surface area contributed by atoms with Gasteiger partial charge in [-0.05, 0) is 24.4 Å². The quantitative estimate of drug-likeness (QED) is 0.102. The molecule has 13 nitrogen and oxygen atoms in total. The van der Waals surface area contributed by atoms with E-state index in [1.807, 2.05) is 34.3 Å². The van der Waals surface area contributed by atoms with Gasteiger partial charge in [0.15, 0.2) is 23.6 Å². The van der Waals surface area contributed by atoms with Crippen LogP contribution in [0.25, 0.3) is 10.2 Å². The summed E-state index contributed by atoms with van der Waals surface area (Å²) in [5.74, 6) is -3.25. The summed E-state index contributed by atoms with van der Waals surface area (Å²) in [4.78, 5) is 61.2. The normalized spacial score (nSPS) is 18.8. The molecule has 1 fully saturated rings. The van der Waals surface area contributed by atoms with Crippen LogP contribution in [0.2, 0.25) is 0 Å². The van der Waals surface area contributed by atoms with Crippen LogP contribution in [0.5, 0.6) is 0 Å². The molecule has 0 bridgehead atoms. The number of nitrogens with two attached hydrogens (primary N) is 1. The van der Waals surface area contributed by atoms with Gasteiger partial charge in [-0.15, -0.1) is 23.1 Å². The highest BCUT2D eigenvalue weighted by molar-refractivity contribution is 8.00. The number of esters is 1. The van der Waals surface area contributed by atoms with Gasteiger partial charge in [0.1, 0.15) is 17.1 Å². The predicted octanol–water partition coefficient (Wildman–Crippen LogP) is -0.385. The molecule has 2 aliphatic heterocycles. The number of nitrogens with zero attached hydrogens (tertiary/aromatic N) is 4. The Morgan fingerprint density at radius 1 is 1.32 bits per heavy atom. The number of oxime groups is 1. The number of β-lactam (4-membered cyclic amide) rings is 1. The van der Waals surface area contributed by atoms with Crippen LogP contribution in [0.15, 0.2) is 51.6 Å². The minimum absolute atomic E-state index is 0.0844. The second-order valence-electron chi connectivity index (χ2n) is 8.51. The van der Waals surface area contributed by atoms with Crippen molar-refractivity contribution in [2.45, 2.75) is 24.9 Å². The van der Waals surface area contributed by atoms with E-state index in [0.717, 1.165) is 26.5 Å². The summed E-state index contributed by atoms with van der Waals surface area (Å²) in [6.45, 7) is 1.50. The number of nitrogen functional groups attached to an aromatic ring is 1. The van der Waals surface area contributed by atoms with Crippen molar-refractivity contribution in [3.63, 3.8) is 0 Å². The second-order valence-corrected chi connectivity index (χ2v) is 11.4. The number of carboxylic acids is 1. The third-order valence-corrected chi connectivity index (χ3v) is 8.97. The van der Waals surface area contributed by atoms with Crippen molar-refractivity contribution in [3.05, 3.63) is 52.1 Å². The average Bonchev–Trinajstić information content (AvgIpc) is 3.59. The molecule has 0 saturated carbocycles. The highest BCUT2D eigenvalue weighted by atomic mass is 32.2. The highest BCUT2D eigenvalue weighted by Crippen LogP contribution is 2.40. The monoisotopic (exact) mass is 602 g/mol. The van der Waals surface area contributed by atoms with Gasteiger partial charge in [-0.2, -0.15) is 4.57 Å². The molecule has 0 spiro atoms. The Hall–Kier alpha value is -4.02. The van der Waals surface area contributed by atoms with Crippen LogP contribution in [0.3, 0.4) is 0 Å². The molecule has 2 amide bonds. The number of ether oxygens (including phenoxy) is 1. The standard InChI is InChI=1S/C24H22N6O7S3/c1-2-36-15(31)9-37-28-16(14-11-40-24(25)26-14)19(32)27-17-20(33)30-18(23(34)35)13(10-39-22(17)30)8-29-6-3-4-12-5-7-38-21(12)29/h3-7,11,17,22H,2,8-10H2,1H3,(H3-,25,26,27,32,34,35)/t17?,22-/m0/s1. The summed E-state index contributed by atoms with van der Waals surface area (Å²) in [5.41, 5.74) is 5.80. The van der Waals surface area contributed by atoms with Crippen LogP contribution in [0, 0.1) is 0 Å². The Kier molecular flexibility index (Phi) is 7.99. The largest absolute Gasteiger partial charge is 0.543 e. The van der Waals surface area contributed by atoms with Crippen LogP contribution in [-0.2, 0) is 35.3 Å². The number of thiazole rings is 1. The van der Waals surface area contributed by atoms with E-state index in [2.05, 4.69) is 15.5 Å². The number of amides is 2. The van der Waals surface area contributed by atoms with Gasteiger partial charge >= 0.3 is 5.97 Å². The number of carbonyl (C=O) groups excluding carboxylic acids is 4. The Bertz CT molecular complexity index is 1560. The number of carbonyl (C=O) groups is 4. The lowest BCUT2D eigenvalue weighted by Gasteiger charge is -2.50. The van der Waals surface area contributed by atoms with Gasteiger partial charge in [0.05, 0.1) is 23.7 Å². The molecular formula is C24H22N6O7S3. The lowest BCUT2D eigenvalue weighted by Crippen LogP contribution is -2.71. The first-order valence-corrected chi connectivity index (χ1v) is 14.7. The average molecular weight is 603 g/mol. The van der Waals surface area contributed by atoms with E-state index in [1.54, 1.807) is 6.92 Å². The zero-order valence-electron chi connectivity index (χ0n) is 20.9. The first-order chi connectivity index (χ1) is 19.3. The molecule has 5 rings (SSSR count). The number of nitrogens with one attached hydrogen (secondary N) is 1. The van der Waals surface area contributed by atoms with E-state index in [1.165, 1.54) is 28.5 Å². The lowest BCUT2D eigenvalue weighted by molar-refractivity contribution is -0.661. The van der Waals surface area contributed by atoms with Gasteiger partial charge < -0.3 is 30.5 Å². The molecule has 0 aromatic carbocycles. The van der Waals surface area contributed by atoms with Crippen LogP contribution < -0.4 is 20.7 Å². The van der Waals surface area contributed by atoms with Crippen molar-refractivity contribution in [1.82, 2.24) is 15.2 Å². The molecule has 1 unspecified atom stereocenters. The van der Waals surface area contributed by atoms with Gasteiger partial charge in [-0.3, -0.25) is 14.5 Å². The van der Waals surface area contributed by atoms with Crippen molar-refractivity contribution in [3.8, 4) is 0 Å². The van der Waals surface area contributed by atoms with Gasteiger partial charge in [0.2, 0.25) is 6.61 Å². The number of thioether (sulfide) groups is 1. The van der Waals surface area contributed by atoms with Gasteiger partial charge in [0.25, 0.3) is 16.6 Å². The number of carboxylic acid groups (broad SMARTS) is 1. The topological polar surface area (TPSA) is 180 Å². The van der Waals surface area contributed by atoms with Crippen molar-refractivity contribution in [2.75, 3.05) is 24.7 Å². The Morgan fingerprint density at radius 3 is 2.88 bits per heavy atom. The maximum absolute atomic E-state index is 13.2. The van der Waals surface area contributed by atoms with Crippen molar-refractivity contribution in [1.29, 1.82) is 0 Å². The number of aromatic nitrogens is 2. The molecule has 208 valence electrons. The van der Waals surface area contributed by atoms with Crippen LogP contribution in [0.1, 0.15) is 12.6 Å². The zero-order valence-corrected chi connectivity index (χ0v) is 23.3. The fraction of sp³-hybridized carbons (Fsp3) is 0.292. The smallest absolute Gasteiger partial charge is 0.347 e. The first kappa shape index (κ1) is 27.5. The number of aliphatic carboxylic acids is 1. The third kappa shape index (κ3) is 5.37. The number of fused-ring (bicyclic) bond motifs is 2. The Morgan fingerprint density at radius 2 is 2.15 bits per heavy atom. The van der Waals surface area contributed by atoms with E-state index in [-0.39, 0.29) is 35.4 Å². The van der Waals surface area contributed by atoms with Crippen molar-refractivity contribution in [2.24, 2.45) is 5.16 Å². The molecule has 2 atom stereocenters. The summed E-state index contributed by atoms with van der Waals surface area (Å²) in [6, 6.07) is 4.78. The maximum Gasteiger partial charge on any atom is 0.347 e. The molecule has 1 saturated heterocycles. The van der Waals surface area contributed by atoms with E-state index in [9.17, 15) is 24.3 Å². The van der Waals surface area contributed by atoms with Gasteiger partial charge in [-0.1, -0.05) is 16.5 Å². The Labute approximate surface area is 239 Å². The van der Waals surface area contributed by atoms with Crippen molar-refractivity contribution >= 4 is 79.2 Å². The molecule has 16 heteroatoms. The molecule has 0 aliphatic carbocycles. The number of anilines is 1. The van der Waals surface area contributed by atoms with Gasteiger partial charge in [0, 0.05) is 22.8 Å². The second kappa shape index (κ2) is 11.6. The molecule has 5 heterocycles. The summed E-state index contributed by atoms with van der Waals surface area (Å²) in [7, 11) is 0. The van der Waals surface area contributed by atoms with E-state index in [0.29, 0.717) is 11.3 Å². The minimum Gasteiger partial charge on any atom is -0.543 e. The number of pyridine rings is 1. The first-order valence-electron chi connectivity index (χ1n) is 11.9. The fourth-order valence-electron chi connectivity index (χ4n) is 4.28. The van der Waals surface area contributed by atoms with Crippen LogP contribution in [0.4, 0.5) is 5.13 Å². The Balaban J connectivity index is 1.34. The SMILES string of the molecule is CCOC(=O)CON=C(C(=O)NC1C(=O)N2C(C(=O)[O-])=C(C[n+]3cccc4ccsc43)CS[C@@H]12)c1csc(N)n1. The molecule has 2 aliphatic rings. The van der Waals surface area contributed by atoms with Crippen LogP contribution in [-0.4, -0.2) is 69.7 Å². The van der Waals surface area contributed by atoms with E-state index >= 15 is 0 Å². The highest BCUT2D eigenvalue weighted by Gasteiger charge is 2.53. The van der Waals surface area contributed by atoms with E-state index in [4.69, 9.17) is 15.3 Å². The summed E-state index contributed by atoms with van der Waals surface area (Å²) >= 11 is 3.92.